The van der Waals surface area contributed by atoms with Crippen molar-refractivity contribution in [1.82, 2.24) is 19.8 Å². The summed E-state index contributed by atoms with van der Waals surface area (Å²) in [5.41, 5.74) is -0.546. The van der Waals surface area contributed by atoms with Crippen molar-refractivity contribution in [1.29, 1.82) is 0 Å². The predicted octanol–water partition coefficient (Wildman–Crippen LogP) is 4.55. The lowest BCUT2D eigenvalue weighted by molar-refractivity contribution is 0.0681. The van der Waals surface area contributed by atoms with E-state index < -0.39 is 23.3 Å². The van der Waals surface area contributed by atoms with E-state index in [2.05, 4.69) is 35.7 Å². The van der Waals surface area contributed by atoms with Gasteiger partial charge in [-0.25, -0.2) is 13.2 Å². The van der Waals surface area contributed by atoms with Crippen LogP contribution in [0.15, 0.2) is 4.47 Å². The monoisotopic (exact) mass is 571 g/mol. The molecular weight excluding hydrogens is 539 g/mol. The molecule has 0 spiro atoms. The lowest BCUT2D eigenvalue weighted by atomic mass is 9.75. The Morgan fingerprint density at radius 1 is 1.11 bits per heavy atom. The van der Waals surface area contributed by atoms with Crippen LogP contribution in [-0.2, 0) is 0 Å². The second-order valence-electron chi connectivity index (χ2n) is 10.7. The summed E-state index contributed by atoms with van der Waals surface area (Å²) in [6, 6.07) is -0.0140. The molecule has 11 heteroatoms. The lowest BCUT2D eigenvalue weighted by Gasteiger charge is -2.49. The van der Waals surface area contributed by atoms with Crippen LogP contribution < -0.4 is 14.4 Å². The van der Waals surface area contributed by atoms with Gasteiger partial charge in [0.05, 0.1) is 22.5 Å². The highest BCUT2D eigenvalue weighted by molar-refractivity contribution is 9.10. The van der Waals surface area contributed by atoms with Crippen molar-refractivity contribution in [3.63, 3.8) is 0 Å². The van der Waals surface area contributed by atoms with E-state index in [1.165, 1.54) is 7.11 Å². The van der Waals surface area contributed by atoms with Crippen molar-refractivity contribution in [2.24, 2.45) is 0 Å². The van der Waals surface area contributed by atoms with Crippen molar-refractivity contribution >= 4 is 32.7 Å². The van der Waals surface area contributed by atoms with Gasteiger partial charge in [-0.2, -0.15) is 9.97 Å². The van der Waals surface area contributed by atoms with Gasteiger partial charge in [-0.3, -0.25) is 4.90 Å². The molecule has 2 saturated heterocycles. The Balaban J connectivity index is 1.57. The molecule has 2 aliphatic heterocycles. The number of fused-ring (bicyclic) bond motifs is 2. The van der Waals surface area contributed by atoms with E-state index in [-0.39, 0.29) is 39.3 Å². The average molecular weight is 572 g/mol. The number of likely N-dealkylation sites (N-methyl/N-ethyl adjacent to an activating group) is 2. The number of ether oxygens (including phenoxy) is 2. The fourth-order valence-electron chi connectivity index (χ4n) is 6.23. The van der Waals surface area contributed by atoms with Crippen LogP contribution in [0, 0.1) is 11.6 Å². The minimum atomic E-state index is -0.890. The third-order valence-electron chi connectivity index (χ3n) is 8.45. The van der Waals surface area contributed by atoms with Gasteiger partial charge in [-0.15, -0.1) is 0 Å². The third-order valence-corrected chi connectivity index (χ3v) is 9.15. The van der Waals surface area contributed by atoms with E-state index in [0.29, 0.717) is 25.3 Å². The molecular formula is C25H33BrF3N5O2. The zero-order valence-electron chi connectivity index (χ0n) is 21.2. The van der Waals surface area contributed by atoms with Crippen molar-refractivity contribution < 1.29 is 22.6 Å². The van der Waals surface area contributed by atoms with Gasteiger partial charge in [-0.05, 0) is 68.7 Å². The van der Waals surface area contributed by atoms with E-state index >= 15 is 8.78 Å². The zero-order chi connectivity index (χ0) is 25.8. The molecule has 0 radical (unpaired) electrons. The van der Waals surface area contributed by atoms with E-state index in [4.69, 9.17) is 9.47 Å². The molecule has 1 aromatic heterocycles. The first kappa shape index (κ1) is 25.8. The number of aromatic nitrogens is 2. The molecule has 3 heterocycles. The molecule has 7 nitrogen and oxygen atoms in total. The van der Waals surface area contributed by atoms with Gasteiger partial charge in [0.1, 0.15) is 24.1 Å². The predicted molar refractivity (Wildman–Crippen MR) is 136 cm³/mol. The second-order valence-corrected chi connectivity index (χ2v) is 11.5. The maximum Gasteiger partial charge on any atom is 0.319 e. The van der Waals surface area contributed by atoms with Crippen LogP contribution in [0.25, 0.3) is 10.9 Å². The molecule has 36 heavy (non-hydrogen) atoms. The fourth-order valence-corrected chi connectivity index (χ4v) is 6.60. The molecule has 1 aliphatic carbocycles. The number of rotatable bonds is 8. The number of anilines is 1. The first-order chi connectivity index (χ1) is 17.1. The summed E-state index contributed by atoms with van der Waals surface area (Å²) in [5.74, 6) is -1.49. The minimum Gasteiger partial charge on any atom is -0.493 e. The van der Waals surface area contributed by atoms with Crippen LogP contribution in [0.4, 0.5) is 19.0 Å². The van der Waals surface area contributed by atoms with Crippen molar-refractivity contribution in [2.45, 2.75) is 55.8 Å². The summed E-state index contributed by atoms with van der Waals surface area (Å²) in [7, 11) is 7.28. The SMILES string of the molecule is COc1c(F)c(Br)c(F)c2nc(OC[C@@]34CCCN3C[C@H](F)C4)nc(N(C)CC3(N(C)C)CCC3)c12. The molecule has 1 saturated carbocycles. The molecule has 0 bridgehead atoms. The first-order valence-electron chi connectivity index (χ1n) is 12.4. The number of hydrogen-bond acceptors (Lipinski definition) is 7. The first-order valence-corrected chi connectivity index (χ1v) is 13.2. The molecule has 5 rings (SSSR count). The van der Waals surface area contributed by atoms with E-state index in [1.807, 2.05) is 26.0 Å². The summed E-state index contributed by atoms with van der Waals surface area (Å²) in [5, 5.41) is 0.157. The lowest BCUT2D eigenvalue weighted by Crippen LogP contribution is -2.56. The fraction of sp³-hybridized carbons (Fsp3) is 0.680. The van der Waals surface area contributed by atoms with Gasteiger partial charge in [0, 0.05) is 32.1 Å². The summed E-state index contributed by atoms with van der Waals surface area (Å²) >= 11 is 3.00. The van der Waals surface area contributed by atoms with Crippen molar-refractivity contribution in [2.75, 3.05) is 59.4 Å². The summed E-state index contributed by atoms with van der Waals surface area (Å²) in [6.07, 6.45) is 4.48. The van der Waals surface area contributed by atoms with E-state index in [1.54, 1.807) is 0 Å². The van der Waals surface area contributed by atoms with Crippen molar-refractivity contribution in [3.05, 3.63) is 16.1 Å². The number of methoxy groups -OCH3 is 1. The molecule has 198 valence electrons. The Hall–Kier alpha value is -1.85. The Bertz CT molecular complexity index is 1160. The maximum atomic E-state index is 15.4. The summed E-state index contributed by atoms with van der Waals surface area (Å²) in [4.78, 5) is 15.2. The highest BCUT2D eigenvalue weighted by atomic mass is 79.9. The van der Waals surface area contributed by atoms with Crippen molar-refractivity contribution in [3.8, 4) is 11.8 Å². The van der Waals surface area contributed by atoms with Crippen LogP contribution in [-0.4, -0.2) is 91.5 Å². The molecule has 0 amide bonds. The van der Waals surface area contributed by atoms with E-state index in [0.717, 1.165) is 38.6 Å². The topological polar surface area (TPSA) is 54.0 Å². The van der Waals surface area contributed by atoms with Gasteiger partial charge < -0.3 is 19.3 Å². The highest BCUT2D eigenvalue weighted by Crippen LogP contribution is 2.44. The largest absolute Gasteiger partial charge is 0.493 e. The Morgan fingerprint density at radius 3 is 2.50 bits per heavy atom. The molecule has 0 unspecified atom stereocenters. The van der Waals surface area contributed by atoms with Gasteiger partial charge in [-0.1, -0.05) is 0 Å². The molecule has 3 fully saturated rings. The maximum absolute atomic E-state index is 15.4. The molecule has 1 aromatic carbocycles. The van der Waals surface area contributed by atoms with Gasteiger partial charge in [0.15, 0.2) is 17.4 Å². The number of nitrogens with zero attached hydrogens (tertiary/aromatic N) is 5. The average Bonchev–Trinajstić information content (AvgIpc) is 3.34. The Kier molecular flexibility index (Phi) is 6.78. The minimum absolute atomic E-state index is 0.0140. The summed E-state index contributed by atoms with van der Waals surface area (Å²) in [6.45, 7) is 2.06. The van der Waals surface area contributed by atoms with Crippen LogP contribution in [0.5, 0.6) is 11.8 Å². The summed E-state index contributed by atoms with van der Waals surface area (Å²) < 4.78 is 55.7. The van der Waals surface area contributed by atoms with Crippen LogP contribution in [0.2, 0.25) is 0 Å². The van der Waals surface area contributed by atoms with Gasteiger partial charge in [0.2, 0.25) is 0 Å². The Labute approximate surface area is 218 Å². The van der Waals surface area contributed by atoms with Crippen LogP contribution >= 0.6 is 15.9 Å². The third kappa shape index (κ3) is 4.11. The second kappa shape index (κ2) is 9.47. The molecule has 2 aromatic rings. The number of benzene rings is 1. The number of hydrogen-bond donors (Lipinski definition) is 0. The van der Waals surface area contributed by atoms with Gasteiger partial charge in [0.25, 0.3) is 0 Å². The smallest absolute Gasteiger partial charge is 0.319 e. The zero-order valence-corrected chi connectivity index (χ0v) is 22.8. The normalized spacial score (nSPS) is 25.3. The highest BCUT2D eigenvalue weighted by Gasteiger charge is 2.49. The molecule has 2 atom stereocenters. The van der Waals surface area contributed by atoms with Crippen LogP contribution in [0.3, 0.4) is 0 Å². The molecule has 3 aliphatic rings. The Morgan fingerprint density at radius 2 is 1.86 bits per heavy atom. The standard InChI is InChI=1S/C25H33BrF3N5O2/c1-32(2)24(7-5-8-24)13-33(3)22-16-20(18(28)17(26)19(29)21(16)35-4)30-23(31-22)36-14-25-9-6-10-34(25)12-15(27)11-25/h15H,5-14H2,1-4H3/t15-,25+/m1/s1. The van der Waals surface area contributed by atoms with Gasteiger partial charge >= 0.3 is 6.01 Å². The van der Waals surface area contributed by atoms with E-state index in [9.17, 15) is 4.39 Å². The quantitative estimate of drug-likeness (QED) is 0.431. The number of halogens is 4. The molecule has 0 N–H and O–H groups in total. The van der Waals surface area contributed by atoms with Crippen LogP contribution in [0.1, 0.15) is 38.5 Å². The number of alkyl halides is 1.